The summed E-state index contributed by atoms with van der Waals surface area (Å²) in [5.41, 5.74) is 2.42. The fraction of sp³-hybridized carbons (Fsp3) is 0.333. The van der Waals surface area contributed by atoms with Gasteiger partial charge in [-0.3, -0.25) is 4.79 Å². The number of amides is 1. The Balaban J connectivity index is 2.46. The molecular weight excluding hydrogens is 274 g/mol. The molecule has 106 valence electrons. The molecule has 2 aromatic rings. The third kappa shape index (κ3) is 3.02. The lowest BCUT2D eigenvalue weighted by atomic mass is 10.1. The summed E-state index contributed by atoms with van der Waals surface area (Å²) >= 11 is 6.02. The van der Waals surface area contributed by atoms with Gasteiger partial charge in [-0.1, -0.05) is 31.0 Å². The molecule has 20 heavy (non-hydrogen) atoms. The molecule has 0 saturated carbocycles. The first-order chi connectivity index (χ1) is 9.67. The Bertz CT molecular complexity index is 607. The van der Waals surface area contributed by atoms with Gasteiger partial charge in [0.05, 0.1) is 23.1 Å². The predicted molar refractivity (Wildman–Crippen MR) is 80.6 cm³/mol. The highest BCUT2D eigenvalue weighted by atomic mass is 35.5. The first kappa shape index (κ1) is 14.6. The number of aromatic nitrogens is 2. The highest BCUT2D eigenvalue weighted by Gasteiger charge is 2.17. The van der Waals surface area contributed by atoms with Crippen molar-refractivity contribution >= 4 is 17.5 Å². The summed E-state index contributed by atoms with van der Waals surface area (Å²) in [6, 6.07) is 7.47. The summed E-state index contributed by atoms with van der Waals surface area (Å²) in [4.78, 5) is 12.1. The molecule has 1 aromatic heterocycles. The van der Waals surface area contributed by atoms with Crippen LogP contribution >= 0.6 is 11.6 Å². The Hall–Kier alpha value is -1.81. The molecular formula is C15H18ClN3O. The van der Waals surface area contributed by atoms with Crippen LogP contribution in [0.3, 0.4) is 0 Å². The Morgan fingerprint density at radius 1 is 1.40 bits per heavy atom. The normalized spacial score (nSPS) is 10.6. The molecule has 0 unspecified atom stereocenters. The van der Waals surface area contributed by atoms with E-state index in [4.69, 9.17) is 11.6 Å². The number of hydrogen-bond acceptors (Lipinski definition) is 2. The van der Waals surface area contributed by atoms with E-state index in [1.807, 2.05) is 31.2 Å². The van der Waals surface area contributed by atoms with Crippen LogP contribution in [0.1, 0.15) is 36.3 Å². The maximum Gasteiger partial charge on any atom is 0.254 e. The maximum atomic E-state index is 12.1. The summed E-state index contributed by atoms with van der Waals surface area (Å²) < 4.78 is 1.79. The van der Waals surface area contributed by atoms with Gasteiger partial charge in [-0.15, -0.1) is 0 Å². The fourth-order valence-electron chi connectivity index (χ4n) is 2.13. The van der Waals surface area contributed by atoms with Gasteiger partial charge in [-0.05, 0) is 31.5 Å². The SMILES string of the molecule is CCCc1c(C(=O)NCC)cnn1-c1cccc(Cl)c1. The quantitative estimate of drug-likeness (QED) is 0.919. The molecule has 1 amide bonds. The van der Waals surface area contributed by atoms with Crippen molar-refractivity contribution in [2.75, 3.05) is 6.54 Å². The van der Waals surface area contributed by atoms with Gasteiger partial charge in [-0.25, -0.2) is 4.68 Å². The van der Waals surface area contributed by atoms with Crippen molar-refractivity contribution in [3.63, 3.8) is 0 Å². The first-order valence-corrected chi connectivity index (χ1v) is 7.16. The minimum Gasteiger partial charge on any atom is -0.352 e. The molecule has 5 heteroatoms. The van der Waals surface area contributed by atoms with Crippen molar-refractivity contribution in [3.05, 3.63) is 46.7 Å². The van der Waals surface area contributed by atoms with Crippen molar-refractivity contribution in [1.82, 2.24) is 15.1 Å². The predicted octanol–water partition coefficient (Wildman–Crippen LogP) is 3.23. The van der Waals surface area contributed by atoms with E-state index in [0.717, 1.165) is 24.2 Å². The van der Waals surface area contributed by atoms with Gasteiger partial charge in [0.15, 0.2) is 0 Å². The molecule has 0 atom stereocenters. The molecule has 0 aliphatic heterocycles. The second kappa shape index (κ2) is 6.57. The molecule has 1 heterocycles. The lowest BCUT2D eigenvalue weighted by Gasteiger charge is -2.09. The Labute approximate surface area is 123 Å². The average Bonchev–Trinajstić information content (AvgIpc) is 2.83. The number of hydrogen-bond donors (Lipinski definition) is 1. The number of carbonyl (C=O) groups excluding carboxylic acids is 1. The third-order valence-electron chi connectivity index (χ3n) is 2.99. The van der Waals surface area contributed by atoms with E-state index in [1.54, 1.807) is 10.9 Å². The molecule has 2 rings (SSSR count). The van der Waals surface area contributed by atoms with Gasteiger partial charge in [0.2, 0.25) is 0 Å². The molecule has 0 radical (unpaired) electrons. The zero-order chi connectivity index (χ0) is 14.5. The molecule has 0 fully saturated rings. The standard InChI is InChI=1S/C15H18ClN3O/c1-3-6-14-13(15(20)17-4-2)10-18-19(14)12-8-5-7-11(16)9-12/h5,7-10H,3-4,6H2,1-2H3,(H,17,20). The molecule has 0 aliphatic carbocycles. The zero-order valence-electron chi connectivity index (χ0n) is 11.7. The van der Waals surface area contributed by atoms with Crippen LogP contribution in [0.2, 0.25) is 5.02 Å². The van der Waals surface area contributed by atoms with Crippen molar-refractivity contribution in [2.45, 2.75) is 26.7 Å². The van der Waals surface area contributed by atoms with Gasteiger partial charge >= 0.3 is 0 Å². The number of halogens is 1. The van der Waals surface area contributed by atoms with E-state index in [1.165, 1.54) is 0 Å². The van der Waals surface area contributed by atoms with Crippen molar-refractivity contribution in [1.29, 1.82) is 0 Å². The molecule has 0 aliphatic rings. The van der Waals surface area contributed by atoms with Gasteiger partial charge in [0, 0.05) is 11.6 Å². The van der Waals surface area contributed by atoms with E-state index in [-0.39, 0.29) is 5.91 Å². The number of benzene rings is 1. The van der Waals surface area contributed by atoms with Gasteiger partial charge in [0.25, 0.3) is 5.91 Å². The molecule has 4 nitrogen and oxygen atoms in total. The summed E-state index contributed by atoms with van der Waals surface area (Å²) in [5.74, 6) is -0.0794. The van der Waals surface area contributed by atoms with Crippen molar-refractivity contribution in [2.24, 2.45) is 0 Å². The van der Waals surface area contributed by atoms with Crippen molar-refractivity contribution in [3.8, 4) is 5.69 Å². The van der Waals surface area contributed by atoms with Crippen LogP contribution in [0.25, 0.3) is 5.69 Å². The van der Waals surface area contributed by atoms with E-state index in [2.05, 4.69) is 17.3 Å². The Morgan fingerprint density at radius 3 is 2.85 bits per heavy atom. The van der Waals surface area contributed by atoms with Crippen LogP contribution < -0.4 is 5.32 Å². The Kier molecular flexibility index (Phi) is 4.79. The first-order valence-electron chi connectivity index (χ1n) is 6.78. The molecule has 1 aromatic carbocycles. The maximum absolute atomic E-state index is 12.1. The number of nitrogens with zero attached hydrogens (tertiary/aromatic N) is 2. The Morgan fingerprint density at radius 2 is 2.20 bits per heavy atom. The van der Waals surface area contributed by atoms with Crippen LogP contribution in [0, 0.1) is 0 Å². The van der Waals surface area contributed by atoms with Gasteiger partial charge in [-0.2, -0.15) is 5.10 Å². The topological polar surface area (TPSA) is 46.9 Å². The van der Waals surface area contributed by atoms with E-state index in [9.17, 15) is 4.79 Å². The smallest absolute Gasteiger partial charge is 0.254 e. The molecule has 1 N–H and O–H groups in total. The minimum absolute atomic E-state index is 0.0794. The highest BCUT2D eigenvalue weighted by molar-refractivity contribution is 6.30. The molecule has 0 spiro atoms. The second-order valence-corrected chi connectivity index (χ2v) is 4.94. The number of nitrogens with one attached hydrogen (secondary N) is 1. The highest BCUT2D eigenvalue weighted by Crippen LogP contribution is 2.19. The number of rotatable bonds is 5. The summed E-state index contributed by atoms with van der Waals surface area (Å²) in [5, 5.41) is 7.82. The average molecular weight is 292 g/mol. The minimum atomic E-state index is -0.0794. The van der Waals surface area contributed by atoms with Gasteiger partial charge in [0.1, 0.15) is 0 Å². The third-order valence-corrected chi connectivity index (χ3v) is 3.23. The monoisotopic (exact) mass is 291 g/mol. The second-order valence-electron chi connectivity index (χ2n) is 4.51. The van der Waals surface area contributed by atoms with E-state index < -0.39 is 0 Å². The van der Waals surface area contributed by atoms with E-state index >= 15 is 0 Å². The van der Waals surface area contributed by atoms with Crippen LogP contribution in [0.4, 0.5) is 0 Å². The van der Waals surface area contributed by atoms with E-state index in [0.29, 0.717) is 17.1 Å². The summed E-state index contributed by atoms with van der Waals surface area (Å²) in [6.45, 7) is 4.59. The molecule has 0 bridgehead atoms. The van der Waals surface area contributed by atoms with Crippen LogP contribution in [-0.2, 0) is 6.42 Å². The fourth-order valence-corrected chi connectivity index (χ4v) is 2.31. The van der Waals surface area contributed by atoms with Crippen LogP contribution in [0.15, 0.2) is 30.5 Å². The lowest BCUT2D eigenvalue weighted by molar-refractivity contribution is 0.0955. The summed E-state index contributed by atoms with van der Waals surface area (Å²) in [7, 11) is 0. The number of carbonyl (C=O) groups is 1. The van der Waals surface area contributed by atoms with Crippen LogP contribution in [0.5, 0.6) is 0 Å². The largest absolute Gasteiger partial charge is 0.352 e. The lowest BCUT2D eigenvalue weighted by Crippen LogP contribution is -2.23. The molecule has 0 saturated heterocycles. The zero-order valence-corrected chi connectivity index (χ0v) is 12.4. The summed E-state index contributed by atoms with van der Waals surface area (Å²) in [6.07, 6.45) is 3.36. The van der Waals surface area contributed by atoms with Crippen LogP contribution in [-0.4, -0.2) is 22.2 Å². The van der Waals surface area contributed by atoms with Crippen molar-refractivity contribution < 1.29 is 4.79 Å². The van der Waals surface area contributed by atoms with Gasteiger partial charge < -0.3 is 5.32 Å².